The first-order valence-corrected chi connectivity index (χ1v) is 45.2. The van der Waals surface area contributed by atoms with E-state index in [0.29, 0.717) is 0 Å². The number of nitrogens with zero attached hydrogens (tertiary/aromatic N) is 6. The lowest BCUT2D eigenvalue weighted by Crippen LogP contribution is -1.96. The fraction of sp³-hybridized carbons (Fsp3) is 0. The molecule has 26 aromatic rings. The van der Waals surface area contributed by atoms with Crippen LogP contribution in [0.5, 0.6) is 0 Å². The van der Waals surface area contributed by atoms with Gasteiger partial charge in [-0.25, -0.2) is 29.9 Å². The van der Waals surface area contributed by atoms with Crippen molar-refractivity contribution in [2.75, 3.05) is 0 Å². The molecular formula is C118H72N6S3. The summed E-state index contributed by atoms with van der Waals surface area (Å²) in [6.07, 6.45) is 0. The van der Waals surface area contributed by atoms with Gasteiger partial charge in [0.25, 0.3) is 0 Å². The van der Waals surface area contributed by atoms with Gasteiger partial charge in [0, 0.05) is 110 Å². The summed E-state index contributed by atoms with van der Waals surface area (Å²) in [7, 11) is 0. The zero-order valence-electron chi connectivity index (χ0n) is 68.5. The topological polar surface area (TPSA) is 77.3 Å². The highest BCUT2D eigenvalue weighted by Crippen LogP contribution is 2.46. The zero-order valence-corrected chi connectivity index (χ0v) is 70.9. The van der Waals surface area contributed by atoms with E-state index < -0.39 is 0 Å². The predicted molar refractivity (Wildman–Crippen MR) is 542 cm³/mol. The minimum atomic E-state index is 0.724. The number of aromatic nitrogens is 6. The van der Waals surface area contributed by atoms with E-state index in [1.54, 1.807) is 0 Å². The highest BCUT2D eigenvalue weighted by molar-refractivity contribution is 7.26. The molecule has 0 aliphatic heterocycles. The lowest BCUT2D eigenvalue weighted by atomic mass is 9.92. The number of hydrogen-bond acceptors (Lipinski definition) is 9. The number of fused-ring (bicyclic) bond motifs is 16. The molecule has 0 aliphatic rings. The molecule has 0 saturated heterocycles. The molecule has 0 radical (unpaired) electrons. The second kappa shape index (κ2) is 31.8. The Labute approximate surface area is 743 Å². The van der Waals surface area contributed by atoms with Gasteiger partial charge in [0.2, 0.25) is 0 Å². The molecule has 0 saturated carbocycles. The van der Waals surface area contributed by atoms with Crippen LogP contribution in [0, 0.1) is 0 Å². The third-order valence-corrected chi connectivity index (χ3v) is 28.0. The Kier molecular flexibility index (Phi) is 18.7. The van der Waals surface area contributed by atoms with E-state index in [1.807, 2.05) is 70.4 Å². The van der Waals surface area contributed by atoms with E-state index in [2.05, 4.69) is 400 Å². The maximum absolute atomic E-state index is 5.25. The third-order valence-electron chi connectivity index (χ3n) is 24.6. The number of para-hydroxylation sites is 3. The van der Waals surface area contributed by atoms with Gasteiger partial charge in [-0.3, -0.25) is 0 Å². The minimum Gasteiger partial charge on any atom is -0.228 e. The van der Waals surface area contributed by atoms with Gasteiger partial charge in [0.15, 0.2) is 17.5 Å². The minimum absolute atomic E-state index is 0.724. The number of benzene rings is 20. The first-order chi connectivity index (χ1) is 62.9. The van der Waals surface area contributed by atoms with Crippen molar-refractivity contribution in [3.05, 3.63) is 437 Å². The quantitative estimate of drug-likeness (QED) is 0.136. The van der Waals surface area contributed by atoms with E-state index in [9.17, 15) is 0 Å². The number of hydrogen-bond donors (Lipinski definition) is 0. The molecule has 6 nitrogen and oxygen atoms in total. The van der Waals surface area contributed by atoms with Gasteiger partial charge in [-0.1, -0.05) is 334 Å². The summed E-state index contributed by atoms with van der Waals surface area (Å²) in [5.41, 5.74) is 21.5. The van der Waals surface area contributed by atoms with Gasteiger partial charge in [0.1, 0.15) is 0 Å². The predicted octanol–water partition coefficient (Wildman–Crippen LogP) is 33.3. The standard InChI is InChI=1S/C42H26N2S.C40H24N2S.C36H22N2S/c1-2-11-27(12-3-1)28-13-8-16-31(23-28)41-35-19-4-6-21-38(35)43-42(44-41)32-17-9-14-29(24-32)33-20-10-15-30-25-40-37(26-36(30)33)34-18-5-7-22-39(34)45-40;1-2-11-25(12-3-1)39-32-17-6-8-19-36(32)41-40(42-39)35-22-28(21-26-13-4-5-15-29(26)35)30-18-10-14-27-23-38-34(24-33(27)30)31-16-7-9-20-37(31)43-38;1-2-10-23(11-3-1)35-29-16-4-6-18-32(29)37-36(38-35)26-14-8-12-24(20-26)27-17-9-13-25-21-34-31(22-30(25)27)28-15-5-7-19-33(28)39-34/h1-26H;1-24H;1-22H. The highest BCUT2D eigenvalue weighted by Gasteiger charge is 2.22. The van der Waals surface area contributed by atoms with Gasteiger partial charge in [-0.05, 0) is 191 Å². The Morgan fingerprint density at radius 1 is 0.134 bits per heavy atom. The maximum atomic E-state index is 5.25. The molecule has 0 aliphatic carbocycles. The highest BCUT2D eigenvalue weighted by atomic mass is 32.1. The summed E-state index contributed by atoms with van der Waals surface area (Å²) >= 11 is 5.59. The molecule has 127 heavy (non-hydrogen) atoms. The summed E-state index contributed by atoms with van der Waals surface area (Å²) < 4.78 is 7.95. The van der Waals surface area contributed by atoms with Gasteiger partial charge in [-0.15, -0.1) is 34.0 Å². The van der Waals surface area contributed by atoms with Crippen LogP contribution in [-0.4, -0.2) is 29.9 Å². The normalized spacial score (nSPS) is 11.6. The van der Waals surface area contributed by atoms with Crippen molar-refractivity contribution in [3.8, 4) is 112 Å². The summed E-state index contributed by atoms with van der Waals surface area (Å²) in [6.45, 7) is 0. The van der Waals surface area contributed by atoms with Crippen LogP contribution >= 0.6 is 34.0 Å². The molecule has 0 bridgehead atoms. The average Bonchev–Trinajstić information content (AvgIpc) is 1.72. The fourth-order valence-corrected chi connectivity index (χ4v) is 21.9. The molecule has 26 rings (SSSR count). The van der Waals surface area contributed by atoms with Crippen molar-refractivity contribution >= 4 is 170 Å². The van der Waals surface area contributed by atoms with Crippen molar-refractivity contribution in [3.63, 3.8) is 0 Å². The average molecular weight is 1670 g/mol. The Morgan fingerprint density at radius 3 is 0.882 bits per heavy atom. The lowest BCUT2D eigenvalue weighted by Gasteiger charge is -2.14. The molecule has 20 aromatic carbocycles. The summed E-state index contributed by atoms with van der Waals surface area (Å²) in [5.74, 6) is 2.20. The molecule has 0 N–H and O–H groups in total. The number of thiophene rings is 3. The van der Waals surface area contributed by atoms with Crippen LogP contribution in [0.3, 0.4) is 0 Å². The SMILES string of the molecule is c1ccc(-c2cccc(-c3nc(-c4cccc(-c5cccc6cc7sc8ccccc8c7cc56)c4)nc4ccccc34)c2)cc1.c1ccc(-c2nc(-c3cc(-c4cccc5cc6sc7ccccc7c6cc45)cc4ccccc34)nc3ccccc23)cc1.c1ccc(-c2nc(-c3cccc(-c4cccc5cc6sc7ccccc7c6cc45)c3)nc3ccccc23)cc1. The van der Waals surface area contributed by atoms with E-state index in [0.717, 1.165) is 123 Å². The fourth-order valence-electron chi connectivity index (χ4n) is 18.5. The van der Waals surface area contributed by atoms with Crippen LogP contribution in [0.2, 0.25) is 0 Å². The molecule has 6 heterocycles. The molecule has 0 amide bonds. The van der Waals surface area contributed by atoms with Crippen LogP contribution in [-0.2, 0) is 0 Å². The van der Waals surface area contributed by atoms with Crippen molar-refractivity contribution in [2.45, 2.75) is 0 Å². The molecule has 592 valence electrons. The van der Waals surface area contributed by atoms with Crippen LogP contribution in [0.25, 0.3) is 249 Å². The van der Waals surface area contributed by atoms with Gasteiger partial charge >= 0.3 is 0 Å². The summed E-state index contributed by atoms with van der Waals surface area (Å²) in [5, 5.41) is 20.9. The Morgan fingerprint density at radius 2 is 0.433 bits per heavy atom. The molecule has 6 aromatic heterocycles. The van der Waals surface area contributed by atoms with Crippen LogP contribution in [0.1, 0.15) is 0 Å². The zero-order chi connectivity index (χ0) is 83.8. The summed E-state index contributed by atoms with van der Waals surface area (Å²) in [6, 6.07) is 155. The molecular weight excluding hydrogens is 1600 g/mol. The first kappa shape index (κ1) is 74.9. The third kappa shape index (κ3) is 13.8. The van der Waals surface area contributed by atoms with Crippen LogP contribution in [0.4, 0.5) is 0 Å². The Bertz CT molecular complexity index is 8860. The molecule has 0 spiro atoms. The van der Waals surface area contributed by atoms with E-state index >= 15 is 0 Å². The maximum Gasteiger partial charge on any atom is 0.161 e. The smallest absolute Gasteiger partial charge is 0.161 e. The molecule has 9 heteroatoms. The monoisotopic (exact) mass is 1670 g/mol. The van der Waals surface area contributed by atoms with Crippen molar-refractivity contribution in [2.24, 2.45) is 0 Å². The van der Waals surface area contributed by atoms with Crippen LogP contribution < -0.4 is 0 Å². The van der Waals surface area contributed by atoms with Gasteiger partial charge < -0.3 is 0 Å². The second-order valence-electron chi connectivity index (χ2n) is 32.2. The molecule has 0 atom stereocenters. The van der Waals surface area contributed by atoms with Crippen LogP contribution in [0.15, 0.2) is 437 Å². The van der Waals surface area contributed by atoms with Crippen molar-refractivity contribution < 1.29 is 0 Å². The summed E-state index contributed by atoms with van der Waals surface area (Å²) in [4.78, 5) is 30.8. The van der Waals surface area contributed by atoms with Crippen molar-refractivity contribution in [1.82, 2.24) is 29.9 Å². The van der Waals surface area contributed by atoms with E-state index in [4.69, 9.17) is 29.9 Å². The first-order valence-electron chi connectivity index (χ1n) is 42.7. The second-order valence-corrected chi connectivity index (χ2v) is 35.5. The Balaban J connectivity index is 0.000000107. The molecule has 0 fully saturated rings. The Hall–Kier alpha value is -15.9. The lowest BCUT2D eigenvalue weighted by molar-refractivity contribution is 1.23. The van der Waals surface area contributed by atoms with Crippen molar-refractivity contribution in [1.29, 1.82) is 0 Å². The number of rotatable bonds is 10. The van der Waals surface area contributed by atoms with E-state index in [-0.39, 0.29) is 0 Å². The van der Waals surface area contributed by atoms with Gasteiger partial charge in [-0.2, -0.15) is 0 Å². The van der Waals surface area contributed by atoms with Gasteiger partial charge in [0.05, 0.1) is 33.6 Å². The molecule has 0 unspecified atom stereocenters. The largest absolute Gasteiger partial charge is 0.228 e. The van der Waals surface area contributed by atoms with E-state index in [1.165, 1.54) is 126 Å².